The van der Waals surface area contributed by atoms with E-state index in [1.165, 1.54) is 44.9 Å². The van der Waals surface area contributed by atoms with Crippen molar-refractivity contribution in [3.63, 3.8) is 0 Å². The fraction of sp³-hybridized carbons (Fsp3) is 0.938. The lowest BCUT2D eigenvalue weighted by Gasteiger charge is -2.36. The first-order valence-electron chi connectivity index (χ1n) is 8.27. The Hall–Kier alpha value is -0.280. The van der Waals surface area contributed by atoms with Gasteiger partial charge in [0.15, 0.2) is 0 Å². The maximum Gasteiger partial charge on any atom is 0.223 e. The van der Waals surface area contributed by atoms with Crippen molar-refractivity contribution in [2.24, 2.45) is 11.7 Å². The van der Waals surface area contributed by atoms with Gasteiger partial charge in [-0.3, -0.25) is 4.79 Å². The summed E-state index contributed by atoms with van der Waals surface area (Å²) in [4.78, 5) is 14.7. The molecule has 4 heteroatoms. The third-order valence-electron chi connectivity index (χ3n) is 5.08. The zero-order valence-corrected chi connectivity index (χ0v) is 13.7. The highest BCUT2D eigenvalue weighted by atomic mass is 35.5. The second-order valence-electron chi connectivity index (χ2n) is 6.38. The van der Waals surface area contributed by atoms with Crippen molar-refractivity contribution in [2.45, 2.75) is 83.2 Å². The number of amides is 1. The molecule has 0 aromatic heterocycles. The Morgan fingerprint density at radius 1 is 1.05 bits per heavy atom. The number of rotatable bonds is 4. The van der Waals surface area contributed by atoms with Crippen LogP contribution in [0.3, 0.4) is 0 Å². The largest absolute Gasteiger partial charge is 0.340 e. The first-order chi connectivity index (χ1) is 9.22. The van der Waals surface area contributed by atoms with Crippen LogP contribution in [0.5, 0.6) is 0 Å². The van der Waals surface area contributed by atoms with Crippen molar-refractivity contribution in [3.8, 4) is 0 Å². The Balaban J connectivity index is 0.00000200. The lowest BCUT2D eigenvalue weighted by Crippen LogP contribution is -2.44. The van der Waals surface area contributed by atoms with Crippen LogP contribution in [0.2, 0.25) is 0 Å². The van der Waals surface area contributed by atoms with Crippen LogP contribution >= 0.6 is 12.4 Å². The van der Waals surface area contributed by atoms with Crippen molar-refractivity contribution in [1.82, 2.24) is 4.90 Å². The highest BCUT2D eigenvalue weighted by Crippen LogP contribution is 2.28. The van der Waals surface area contributed by atoms with Gasteiger partial charge in [0.2, 0.25) is 5.91 Å². The molecule has 2 N–H and O–H groups in total. The van der Waals surface area contributed by atoms with Crippen molar-refractivity contribution >= 4 is 18.3 Å². The lowest BCUT2D eigenvalue weighted by molar-refractivity contribution is -0.135. The summed E-state index contributed by atoms with van der Waals surface area (Å²) in [6.45, 7) is 2.98. The second kappa shape index (κ2) is 8.89. The van der Waals surface area contributed by atoms with Crippen LogP contribution in [0.25, 0.3) is 0 Å². The molecule has 2 rings (SSSR count). The fourth-order valence-corrected chi connectivity index (χ4v) is 3.86. The van der Waals surface area contributed by atoms with Gasteiger partial charge < -0.3 is 10.6 Å². The van der Waals surface area contributed by atoms with Crippen molar-refractivity contribution in [3.05, 3.63) is 0 Å². The highest BCUT2D eigenvalue weighted by Gasteiger charge is 2.29. The molecule has 2 saturated carbocycles. The SMILES string of the molecule is CCN(C(=O)CC1CCCCC1N)C1CCCCC1.Cl. The van der Waals surface area contributed by atoms with Gasteiger partial charge in [0.25, 0.3) is 0 Å². The van der Waals surface area contributed by atoms with Crippen LogP contribution in [0.4, 0.5) is 0 Å². The predicted octanol–water partition coefficient (Wildman–Crippen LogP) is 3.50. The van der Waals surface area contributed by atoms with E-state index in [1.54, 1.807) is 0 Å². The average molecular weight is 303 g/mol. The van der Waals surface area contributed by atoms with Crippen molar-refractivity contribution < 1.29 is 4.79 Å². The van der Waals surface area contributed by atoms with E-state index < -0.39 is 0 Å². The number of hydrogen-bond donors (Lipinski definition) is 1. The highest BCUT2D eigenvalue weighted by molar-refractivity contribution is 5.85. The van der Waals surface area contributed by atoms with Gasteiger partial charge in [-0.05, 0) is 38.5 Å². The molecule has 20 heavy (non-hydrogen) atoms. The average Bonchev–Trinajstić information content (AvgIpc) is 2.43. The van der Waals surface area contributed by atoms with Gasteiger partial charge in [-0.25, -0.2) is 0 Å². The molecular formula is C16H31ClN2O. The maximum absolute atomic E-state index is 12.6. The molecule has 0 saturated heterocycles. The minimum absolute atomic E-state index is 0. The molecule has 0 aliphatic heterocycles. The van der Waals surface area contributed by atoms with E-state index in [2.05, 4.69) is 11.8 Å². The van der Waals surface area contributed by atoms with Crippen LogP contribution in [0, 0.1) is 5.92 Å². The maximum atomic E-state index is 12.6. The molecule has 1 amide bonds. The van der Waals surface area contributed by atoms with E-state index in [0.717, 1.165) is 19.4 Å². The van der Waals surface area contributed by atoms with Crippen LogP contribution in [-0.2, 0) is 4.79 Å². The van der Waals surface area contributed by atoms with E-state index in [9.17, 15) is 4.79 Å². The summed E-state index contributed by atoms with van der Waals surface area (Å²) >= 11 is 0. The van der Waals surface area contributed by atoms with E-state index in [0.29, 0.717) is 24.3 Å². The standard InChI is InChI=1S/C16H30N2O.ClH/c1-2-18(14-9-4-3-5-10-14)16(19)12-13-8-6-7-11-15(13)17;/h13-15H,2-12,17H2,1H3;1H. The minimum atomic E-state index is 0. The summed E-state index contributed by atoms with van der Waals surface area (Å²) in [7, 11) is 0. The zero-order chi connectivity index (χ0) is 13.7. The summed E-state index contributed by atoms with van der Waals surface area (Å²) in [5.41, 5.74) is 6.18. The summed E-state index contributed by atoms with van der Waals surface area (Å²) in [5, 5.41) is 0. The number of halogens is 1. The minimum Gasteiger partial charge on any atom is -0.340 e. The molecule has 0 aromatic carbocycles. The number of nitrogens with two attached hydrogens (primary N) is 1. The second-order valence-corrected chi connectivity index (χ2v) is 6.38. The zero-order valence-electron chi connectivity index (χ0n) is 12.9. The Kier molecular flexibility index (Phi) is 7.90. The van der Waals surface area contributed by atoms with Crippen molar-refractivity contribution in [2.75, 3.05) is 6.54 Å². The molecule has 2 atom stereocenters. The van der Waals surface area contributed by atoms with E-state index >= 15 is 0 Å². The van der Waals surface area contributed by atoms with Gasteiger partial charge in [0.1, 0.15) is 0 Å². The van der Waals surface area contributed by atoms with Gasteiger partial charge in [-0.15, -0.1) is 12.4 Å². The van der Waals surface area contributed by atoms with E-state index in [4.69, 9.17) is 5.73 Å². The molecule has 0 spiro atoms. The van der Waals surface area contributed by atoms with Gasteiger partial charge in [-0.2, -0.15) is 0 Å². The van der Waals surface area contributed by atoms with E-state index in [-0.39, 0.29) is 18.4 Å². The topological polar surface area (TPSA) is 46.3 Å². The van der Waals surface area contributed by atoms with Gasteiger partial charge in [0, 0.05) is 25.0 Å². The molecular weight excluding hydrogens is 272 g/mol. The molecule has 0 heterocycles. The molecule has 2 unspecified atom stereocenters. The molecule has 0 bridgehead atoms. The monoisotopic (exact) mass is 302 g/mol. The summed E-state index contributed by atoms with van der Waals surface area (Å²) in [5.74, 6) is 0.788. The quantitative estimate of drug-likeness (QED) is 0.864. The Labute approximate surface area is 130 Å². The van der Waals surface area contributed by atoms with Gasteiger partial charge in [0.05, 0.1) is 0 Å². The number of hydrogen-bond acceptors (Lipinski definition) is 2. The fourth-order valence-electron chi connectivity index (χ4n) is 3.86. The summed E-state index contributed by atoms with van der Waals surface area (Å²) < 4.78 is 0. The normalized spacial score (nSPS) is 27.7. The Morgan fingerprint density at radius 3 is 2.25 bits per heavy atom. The lowest BCUT2D eigenvalue weighted by atomic mass is 9.82. The molecule has 2 aliphatic rings. The van der Waals surface area contributed by atoms with Crippen LogP contribution in [0.1, 0.15) is 71.1 Å². The molecule has 3 nitrogen and oxygen atoms in total. The Morgan fingerprint density at radius 2 is 1.65 bits per heavy atom. The third kappa shape index (κ3) is 4.63. The smallest absolute Gasteiger partial charge is 0.223 e. The Bertz CT molecular complexity index is 292. The molecule has 0 radical (unpaired) electrons. The number of nitrogens with zero attached hydrogens (tertiary/aromatic N) is 1. The van der Waals surface area contributed by atoms with Crippen LogP contribution in [0.15, 0.2) is 0 Å². The number of carbonyl (C=O) groups is 1. The molecule has 118 valence electrons. The molecule has 2 aliphatic carbocycles. The van der Waals surface area contributed by atoms with Gasteiger partial charge in [-0.1, -0.05) is 32.1 Å². The molecule has 0 aromatic rings. The summed E-state index contributed by atoms with van der Waals surface area (Å²) in [6.07, 6.45) is 11.8. The van der Waals surface area contributed by atoms with Crippen LogP contribution in [-0.4, -0.2) is 29.4 Å². The van der Waals surface area contributed by atoms with Crippen molar-refractivity contribution in [1.29, 1.82) is 0 Å². The van der Waals surface area contributed by atoms with E-state index in [1.807, 2.05) is 0 Å². The first kappa shape index (κ1) is 17.8. The third-order valence-corrected chi connectivity index (χ3v) is 5.08. The van der Waals surface area contributed by atoms with Gasteiger partial charge >= 0.3 is 0 Å². The number of carbonyl (C=O) groups excluding carboxylic acids is 1. The van der Waals surface area contributed by atoms with Crippen LogP contribution < -0.4 is 5.73 Å². The first-order valence-corrected chi connectivity index (χ1v) is 8.27. The summed E-state index contributed by atoms with van der Waals surface area (Å²) in [6, 6.07) is 0.758. The molecule has 2 fully saturated rings. The predicted molar refractivity (Wildman–Crippen MR) is 86.1 cm³/mol.